The van der Waals surface area contributed by atoms with Gasteiger partial charge in [-0.15, -0.1) is 0 Å². The van der Waals surface area contributed by atoms with Crippen LogP contribution in [0.4, 0.5) is 0 Å². The van der Waals surface area contributed by atoms with Crippen molar-refractivity contribution >= 4 is 5.78 Å². The fourth-order valence-electron chi connectivity index (χ4n) is 2.46. The molecule has 0 spiro atoms. The third kappa shape index (κ3) is 3.41. The van der Waals surface area contributed by atoms with Crippen LogP contribution in [0, 0.1) is 0 Å². The second-order valence-electron chi connectivity index (χ2n) is 6.90. The molecule has 1 nitrogen and oxygen atoms in total. The van der Waals surface area contributed by atoms with Crippen LogP contribution in [0.3, 0.4) is 0 Å². The summed E-state index contributed by atoms with van der Waals surface area (Å²) in [7, 11) is 0. The first kappa shape index (κ1) is 15.5. The van der Waals surface area contributed by atoms with E-state index < -0.39 is 0 Å². The summed E-state index contributed by atoms with van der Waals surface area (Å²) < 4.78 is 0. The Hall–Kier alpha value is -1.89. The molecule has 0 radical (unpaired) electrons. The van der Waals surface area contributed by atoms with E-state index in [-0.39, 0.29) is 11.2 Å². The molecule has 0 aromatic heterocycles. The van der Waals surface area contributed by atoms with E-state index in [1.54, 1.807) is 0 Å². The van der Waals surface area contributed by atoms with Crippen LogP contribution in [-0.2, 0) is 5.41 Å². The summed E-state index contributed by atoms with van der Waals surface area (Å²) in [5.74, 6) is 0.440. The van der Waals surface area contributed by atoms with Crippen LogP contribution in [0.1, 0.15) is 67.6 Å². The zero-order valence-electron chi connectivity index (χ0n) is 13.6. The highest BCUT2D eigenvalue weighted by atomic mass is 16.1. The van der Waals surface area contributed by atoms with E-state index >= 15 is 0 Å². The summed E-state index contributed by atoms with van der Waals surface area (Å²) in [6.45, 7) is 10.9. The van der Waals surface area contributed by atoms with Gasteiger partial charge in [-0.2, -0.15) is 0 Å². The van der Waals surface area contributed by atoms with Gasteiger partial charge in [0.1, 0.15) is 0 Å². The number of rotatable bonds is 3. The Bertz CT molecular complexity index is 631. The Kier molecular flexibility index (Phi) is 4.32. The molecule has 0 heterocycles. The quantitative estimate of drug-likeness (QED) is 0.694. The number of hydrogen-bond donors (Lipinski definition) is 0. The average molecular weight is 280 g/mol. The molecular formula is C20H24O. The van der Waals surface area contributed by atoms with Gasteiger partial charge in [0.05, 0.1) is 0 Å². The summed E-state index contributed by atoms with van der Waals surface area (Å²) >= 11 is 0. The first-order valence-corrected chi connectivity index (χ1v) is 7.55. The van der Waals surface area contributed by atoms with Gasteiger partial charge in [-0.25, -0.2) is 0 Å². The van der Waals surface area contributed by atoms with Crippen molar-refractivity contribution in [2.24, 2.45) is 0 Å². The summed E-state index contributed by atoms with van der Waals surface area (Å²) in [5, 5.41) is 0. The highest BCUT2D eigenvalue weighted by Gasteiger charge is 2.20. The van der Waals surface area contributed by atoms with E-state index in [4.69, 9.17) is 0 Å². The molecule has 110 valence electrons. The zero-order valence-corrected chi connectivity index (χ0v) is 13.6. The van der Waals surface area contributed by atoms with E-state index in [1.807, 2.05) is 36.4 Å². The molecule has 0 aliphatic rings. The molecule has 0 amide bonds. The smallest absolute Gasteiger partial charge is 0.193 e. The molecule has 0 aliphatic heterocycles. The molecule has 1 heteroatoms. The Morgan fingerprint density at radius 3 is 2.10 bits per heavy atom. The molecular weight excluding hydrogens is 256 g/mol. The monoisotopic (exact) mass is 280 g/mol. The molecule has 2 rings (SSSR count). The number of carbonyl (C=O) groups excluding carboxylic acids is 1. The van der Waals surface area contributed by atoms with Gasteiger partial charge in [-0.1, -0.05) is 83.1 Å². The number of benzene rings is 2. The molecule has 0 atom stereocenters. The SMILES string of the molecule is CC(C)c1cc(C(C)(C)C)ccc1C(=O)c1ccccc1. The number of ketones is 1. The maximum absolute atomic E-state index is 12.7. The van der Waals surface area contributed by atoms with Crippen molar-refractivity contribution in [2.45, 2.75) is 46.0 Å². The van der Waals surface area contributed by atoms with Crippen LogP contribution in [0.5, 0.6) is 0 Å². The Morgan fingerprint density at radius 1 is 0.952 bits per heavy atom. The van der Waals surface area contributed by atoms with Crippen LogP contribution < -0.4 is 0 Å². The lowest BCUT2D eigenvalue weighted by atomic mass is 9.82. The highest BCUT2D eigenvalue weighted by molar-refractivity contribution is 6.10. The van der Waals surface area contributed by atoms with E-state index in [0.717, 1.165) is 16.7 Å². The predicted octanol–water partition coefficient (Wildman–Crippen LogP) is 5.34. The van der Waals surface area contributed by atoms with Gasteiger partial charge in [0.15, 0.2) is 5.78 Å². The first-order chi connectivity index (χ1) is 9.80. The van der Waals surface area contributed by atoms with E-state index in [2.05, 4.69) is 46.8 Å². The van der Waals surface area contributed by atoms with E-state index in [0.29, 0.717) is 5.92 Å². The van der Waals surface area contributed by atoms with Crippen LogP contribution in [0.2, 0.25) is 0 Å². The fraction of sp³-hybridized carbons (Fsp3) is 0.350. The molecule has 2 aromatic rings. The van der Waals surface area contributed by atoms with Crippen molar-refractivity contribution in [3.8, 4) is 0 Å². The highest BCUT2D eigenvalue weighted by Crippen LogP contribution is 2.29. The van der Waals surface area contributed by atoms with Crippen molar-refractivity contribution < 1.29 is 4.79 Å². The first-order valence-electron chi connectivity index (χ1n) is 7.55. The van der Waals surface area contributed by atoms with E-state index in [1.165, 1.54) is 5.56 Å². The molecule has 0 saturated heterocycles. The largest absolute Gasteiger partial charge is 0.289 e. The van der Waals surface area contributed by atoms with Crippen LogP contribution >= 0.6 is 0 Å². The Balaban J connectivity index is 2.52. The third-order valence-electron chi connectivity index (χ3n) is 3.82. The fourth-order valence-corrected chi connectivity index (χ4v) is 2.46. The molecule has 0 aliphatic carbocycles. The van der Waals surface area contributed by atoms with Crippen molar-refractivity contribution in [1.29, 1.82) is 0 Å². The lowest BCUT2D eigenvalue weighted by molar-refractivity contribution is 0.103. The zero-order chi connectivity index (χ0) is 15.6. The lowest BCUT2D eigenvalue weighted by Crippen LogP contribution is -2.14. The van der Waals surface area contributed by atoms with Gasteiger partial charge in [-0.05, 0) is 22.5 Å². The van der Waals surface area contributed by atoms with Gasteiger partial charge in [0, 0.05) is 11.1 Å². The standard InChI is InChI=1S/C20H24O/c1-14(2)18-13-16(20(3,4)5)11-12-17(18)19(21)15-9-7-6-8-10-15/h6-14H,1-5H3. The van der Waals surface area contributed by atoms with Crippen LogP contribution in [-0.4, -0.2) is 5.78 Å². The maximum atomic E-state index is 12.7. The van der Waals surface area contributed by atoms with Crippen LogP contribution in [0.15, 0.2) is 48.5 Å². The van der Waals surface area contributed by atoms with Crippen LogP contribution in [0.25, 0.3) is 0 Å². The van der Waals surface area contributed by atoms with Gasteiger partial charge >= 0.3 is 0 Å². The average Bonchev–Trinajstić information content (AvgIpc) is 2.45. The third-order valence-corrected chi connectivity index (χ3v) is 3.82. The van der Waals surface area contributed by atoms with Crippen molar-refractivity contribution in [3.05, 3.63) is 70.8 Å². The molecule has 0 bridgehead atoms. The normalized spacial score (nSPS) is 11.7. The molecule has 0 N–H and O–H groups in total. The minimum Gasteiger partial charge on any atom is -0.289 e. The summed E-state index contributed by atoms with van der Waals surface area (Å²) in [4.78, 5) is 12.7. The van der Waals surface area contributed by atoms with Gasteiger partial charge in [0.25, 0.3) is 0 Å². The van der Waals surface area contributed by atoms with Crippen molar-refractivity contribution in [1.82, 2.24) is 0 Å². The van der Waals surface area contributed by atoms with Crippen molar-refractivity contribution in [3.63, 3.8) is 0 Å². The lowest BCUT2D eigenvalue weighted by Gasteiger charge is -2.22. The minimum absolute atomic E-state index is 0.0952. The topological polar surface area (TPSA) is 17.1 Å². The summed E-state index contributed by atoms with van der Waals surface area (Å²) in [6, 6.07) is 15.8. The molecule has 0 saturated carbocycles. The predicted molar refractivity (Wildman–Crippen MR) is 89.1 cm³/mol. The number of hydrogen-bond acceptors (Lipinski definition) is 1. The molecule has 0 fully saturated rings. The second-order valence-corrected chi connectivity index (χ2v) is 6.90. The molecule has 0 unspecified atom stereocenters. The maximum Gasteiger partial charge on any atom is 0.193 e. The van der Waals surface area contributed by atoms with Gasteiger partial charge < -0.3 is 0 Å². The van der Waals surface area contributed by atoms with Gasteiger partial charge in [0.2, 0.25) is 0 Å². The summed E-state index contributed by atoms with van der Waals surface area (Å²) in [6.07, 6.45) is 0. The minimum atomic E-state index is 0.0952. The van der Waals surface area contributed by atoms with Crippen molar-refractivity contribution in [2.75, 3.05) is 0 Å². The Labute approximate surface area is 128 Å². The van der Waals surface area contributed by atoms with E-state index in [9.17, 15) is 4.79 Å². The Morgan fingerprint density at radius 2 is 1.57 bits per heavy atom. The molecule has 2 aromatic carbocycles. The van der Waals surface area contributed by atoms with Gasteiger partial charge in [-0.3, -0.25) is 4.79 Å². The molecule has 21 heavy (non-hydrogen) atoms. The number of carbonyl (C=O) groups is 1. The second kappa shape index (κ2) is 5.85. The summed E-state index contributed by atoms with van der Waals surface area (Å²) in [5.41, 5.74) is 4.08.